The highest BCUT2D eigenvalue weighted by atomic mass is 16.1. The molecule has 0 aromatic carbocycles. The molecule has 0 N–H and O–H groups in total. The quantitative estimate of drug-likeness (QED) is 0.326. The van der Waals surface area contributed by atoms with Gasteiger partial charge in [-0.25, -0.2) is 0 Å². The molecule has 0 aromatic rings. The number of allylic oxidation sites excluding steroid dienone is 2. The van der Waals surface area contributed by atoms with Crippen molar-refractivity contribution in [3.63, 3.8) is 0 Å². The Morgan fingerprint density at radius 2 is 2.20 bits per heavy atom. The number of hydrogen-bond donors (Lipinski definition) is 0. The highest BCUT2D eigenvalue weighted by Crippen LogP contribution is 2.02. The molecular weight excluding hydrogens is 124 g/mol. The van der Waals surface area contributed by atoms with Crippen molar-refractivity contribution in [3.8, 4) is 0 Å². The summed E-state index contributed by atoms with van der Waals surface area (Å²) in [5, 5.41) is 0. The Balaban J connectivity index is 3.37. The average Bonchev–Trinajstić information content (AvgIpc) is 1.89. The first-order chi connectivity index (χ1) is 4.81. The van der Waals surface area contributed by atoms with Crippen LogP contribution in [0.5, 0.6) is 0 Å². The normalized spacial score (nSPS) is 11.6. The molecule has 0 aliphatic carbocycles. The molecule has 0 aliphatic heterocycles. The van der Waals surface area contributed by atoms with Crippen LogP contribution in [0.25, 0.3) is 0 Å². The molecule has 0 unspecified atom stereocenters. The van der Waals surface area contributed by atoms with Crippen molar-refractivity contribution >= 4 is 6.29 Å². The summed E-state index contributed by atoms with van der Waals surface area (Å²) in [5.74, 6) is 0. The van der Waals surface area contributed by atoms with Gasteiger partial charge in [-0.1, -0.05) is 31.4 Å². The first-order valence-corrected chi connectivity index (χ1v) is 3.90. The van der Waals surface area contributed by atoms with Crippen molar-refractivity contribution in [1.29, 1.82) is 0 Å². The summed E-state index contributed by atoms with van der Waals surface area (Å²) in [5.41, 5.74) is 1.20. The van der Waals surface area contributed by atoms with Gasteiger partial charge in [-0.05, 0) is 13.3 Å². The van der Waals surface area contributed by atoms with Crippen molar-refractivity contribution in [2.75, 3.05) is 0 Å². The third-order valence-corrected chi connectivity index (χ3v) is 1.46. The van der Waals surface area contributed by atoms with E-state index in [-0.39, 0.29) is 0 Å². The number of aldehydes is 1. The van der Waals surface area contributed by atoms with Crippen molar-refractivity contribution in [2.45, 2.75) is 39.5 Å². The topological polar surface area (TPSA) is 17.1 Å². The maximum atomic E-state index is 10.0. The van der Waals surface area contributed by atoms with E-state index in [0.717, 1.165) is 12.7 Å². The van der Waals surface area contributed by atoms with Gasteiger partial charge in [0, 0.05) is 6.42 Å². The molecule has 1 heteroatoms. The Morgan fingerprint density at radius 1 is 1.50 bits per heavy atom. The van der Waals surface area contributed by atoms with E-state index in [0.29, 0.717) is 6.42 Å². The summed E-state index contributed by atoms with van der Waals surface area (Å²) in [6.45, 7) is 4.17. The van der Waals surface area contributed by atoms with Crippen LogP contribution in [0.2, 0.25) is 0 Å². The maximum Gasteiger partial charge on any atom is 0.124 e. The Kier molecular flexibility index (Phi) is 6.14. The standard InChI is InChI=1S/C9H16O/c1-3-4-5-6-9(2)7-8-10/h6,8H,3-5,7H2,1-2H3/b9-6+. The average molecular weight is 140 g/mol. The Morgan fingerprint density at radius 3 is 2.70 bits per heavy atom. The molecule has 0 atom stereocenters. The van der Waals surface area contributed by atoms with Gasteiger partial charge in [0.05, 0.1) is 0 Å². The fraction of sp³-hybridized carbons (Fsp3) is 0.667. The van der Waals surface area contributed by atoms with E-state index in [1.807, 2.05) is 6.92 Å². The van der Waals surface area contributed by atoms with Crippen LogP contribution in [0, 0.1) is 0 Å². The van der Waals surface area contributed by atoms with Crippen LogP contribution in [0.4, 0.5) is 0 Å². The van der Waals surface area contributed by atoms with Crippen molar-refractivity contribution in [1.82, 2.24) is 0 Å². The molecule has 0 spiro atoms. The lowest BCUT2D eigenvalue weighted by molar-refractivity contribution is -0.107. The predicted molar refractivity (Wildman–Crippen MR) is 44.0 cm³/mol. The minimum absolute atomic E-state index is 0.601. The highest BCUT2D eigenvalue weighted by molar-refractivity contribution is 5.53. The second-order valence-electron chi connectivity index (χ2n) is 2.56. The number of carbonyl (C=O) groups is 1. The summed E-state index contributed by atoms with van der Waals surface area (Å²) in [7, 11) is 0. The van der Waals surface area contributed by atoms with Gasteiger partial charge in [0.25, 0.3) is 0 Å². The van der Waals surface area contributed by atoms with Gasteiger partial charge >= 0.3 is 0 Å². The number of unbranched alkanes of at least 4 members (excludes halogenated alkanes) is 2. The molecule has 0 bridgehead atoms. The second-order valence-corrected chi connectivity index (χ2v) is 2.56. The van der Waals surface area contributed by atoms with Crippen molar-refractivity contribution < 1.29 is 4.79 Å². The zero-order valence-electron chi connectivity index (χ0n) is 6.89. The van der Waals surface area contributed by atoms with Gasteiger partial charge in [0.15, 0.2) is 0 Å². The molecule has 0 heterocycles. The summed E-state index contributed by atoms with van der Waals surface area (Å²) in [4.78, 5) is 10.0. The fourth-order valence-electron chi connectivity index (χ4n) is 0.767. The lowest BCUT2D eigenvalue weighted by atomic mass is 10.1. The number of hydrogen-bond acceptors (Lipinski definition) is 1. The van der Waals surface area contributed by atoms with Crippen LogP contribution in [0.3, 0.4) is 0 Å². The van der Waals surface area contributed by atoms with Crippen LogP contribution in [-0.2, 0) is 4.79 Å². The molecular formula is C9H16O. The smallest absolute Gasteiger partial charge is 0.124 e. The van der Waals surface area contributed by atoms with Gasteiger partial charge in [0.2, 0.25) is 0 Å². The largest absolute Gasteiger partial charge is 0.303 e. The fourth-order valence-corrected chi connectivity index (χ4v) is 0.767. The Bertz CT molecular complexity index is 114. The molecule has 0 fully saturated rings. The van der Waals surface area contributed by atoms with Gasteiger partial charge < -0.3 is 4.79 Å². The molecule has 0 saturated heterocycles. The van der Waals surface area contributed by atoms with E-state index < -0.39 is 0 Å². The van der Waals surface area contributed by atoms with Gasteiger partial charge in [-0.15, -0.1) is 0 Å². The summed E-state index contributed by atoms with van der Waals surface area (Å²) >= 11 is 0. The van der Waals surface area contributed by atoms with E-state index >= 15 is 0 Å². The first kappa shape index (κ1) is 9.41. The Labute approximate surface area is 63.1 Å². The lowest BCUT2D eigenvalue weighted by Gasteiger charge is -1.92. The predicted octanol–water partition coefficient (Wildman–Crippen LogP) is 2.71. The molecule has 0 radical (unpaired) electrons. The second kappa shape index (κ2) is 6.53. The number of rotatable bonds is 5. The van der Waals surface area contributed by atoms with E-state index in [9.17, 15) is 4.79 Å². The highest BCUT2D eigenvalue weighted by Gasteiger charge is 1.85. The van der Waals surface area contributed by atoms with E-state index in [2.05, 4.69) is 13.0 Å². The summed E-state index contributed by atoms with van der Waals surface area (Å²) < 4.78 is 0. The van der Waals surface area contributed by atoms with Gasteiger partial charge in [-0.2, -0.15) is 0 Å². The van der Waals surface area contributed by atoms with Crippen LogP contribution < -0.4 is 0 Å². The van der Waals surface area contributed by atoms with Gasteiger partial charge in [0.1, 0.15) is 6.29 Å². The first-order valence-electron chi connectivity index (χ1n) is 3.90. The monoisotopic (exact) mass is 140 g/mol. The maximum absolute atomic E-state index is 10.0. The Hall–Kier alpha value is -0.590. The molecule has 58 valence electrons. The van der Waals surface area contributed by atoms with Crippen LogP contribution in [0.15, 0.2) is 11.6 Å². The summed E-state index contributed by atoms with van der Waals surface area (Å²) in [6, 6.07) is 0. The van der Waals surface area contributed by atoms with Crippen LogP contribution in [-0.4, -0.2) is 6.29 Å². The molecule has 0 aliphatic rings. The molecule has 0 amide bonds. The van der Waals surface area contributed by atoms with Crippen LogP contribution >= 0.6 is 0 Å². The molecule has 0 aromatic heterocycles. The van der Waals surface area contributed by atoms with Crippen LogP contribution in [0.1, 0.15) is 39.5 Å². The van der Waals surface area contributed by atoms with E-state index in [4.69, 9.17) is 0 Å². The minimum Gasteiger partial charge on any atom is -0.303 e. The molecule has 1 nitrogen and oxygen atoms in total. The summed E-state index contributed by atoms with van der Waals surface area (Å²) in [6.07, 6.45) is 7.29. The zero-order chi connectivity index (χ0) is 7.82. The number of carbonyl (C=O) groups excluding carboxylic acids is 1. The third kappa shape index (κ3) is 5.54. The molecule has 0 rings (SSSR count). The minimum atomic E-state index is 0.601. The van der Waals surface area contributed by atoms with Gasteiger partial charge in [-0.3, -0.25) is 0 Å². The van der Waals surface area contributed by atoms with E-state index in [1.165, 1.54) is 18.4 Å². The molecule has 0 saturated carbocycles. The lowest BCUT2D eigenvalue weighted by Crippen LogP contribution is -1.78. The third-order valence-electron chi connectivity index (χ3n) is 1.46. The van der Waals surface area contributed by atoms with E-state index in [1.54, 1.807) is 0 Å². The van der Waals surface area contributed by atoms with Crippen molar-refractivity contribution in [2.24, 2.45) is 0 Å². The molecule has 10 heavy (non-hydrogen) atoms. The van der Waals surface area contributed by atoms with Crippen molar-refractivity contribution in [3.05, 3.63) is 11.6 Å². The zero-order valence-corrected chi connectivity index (χ0v) is 6.89. The SMILES string of the molecule is CCCC/C=C(\C)CC=O.